The van der Waals surface area contributed by atoms with E-state index in [4.69, 9.17) is 10.6 Å². The molecule has 5 heteroatoms. The normalized spacial score (nSPS) is 23.2. The topological polar surface area (TPSA) is 65.1 Å². The molecule has 2 heterocycles. The van der Waals surface area contributed by atoms with E-state index in [1.807, 2.05) is 17.1 Å². The van der Waals surface area contributed by atoms with E-state index < -0.39 is 0 Å². The number of hydrogen-bond donors (Lipinski definition) is 2. The molecule has 15 heavy (non-hydrogen) atoms. The largest absolute Gasteiger partial charge is 0.376 e. The molecule has 1 aromatic rings. The van der Waals surface area contributed by atoms with Crippen LogP contribution in [0.4, 0.5) is 0 Å². The van der Waals surface area contributed by atoms with Gasteiger partial charge in [0.15, 0.2) is 0 Å². The van der Waals surface area contributed by atoms with Crippen LogP contribution in [0, 0.1) is 0 Å². The molecule has 0 radical (unpaired) electrons. The van der Waals surface area contributed by atoms with Gasteiger partial charge in [-0.15, -0.1) is 0 Å². The van der Waals surface area contributed by atoms with E-state index in [0.717, 1.165) is 31.6 Å². The number of rotatable bonds is 4. The molecule has 0 saturated carbocycles. The number of nitrogens with zero attached hydrogens (tertiary/aromatic N) is 2. The minimum Gasteiger partial charge on any atom is -0.376 e. The third-order valence-corrected chi connectivity index (χ3v) is 2.85. The van der Waals surface area contributed by atoms with Crippen molar-refractivity contribution in [3.63, 3.8) is 0 Å². The van der Waals surface area contributed by atoms with Crippen LogP contribution in [0.2, 0.25) is 0 Å². The molecule has 5 nitrogen and oxygen atoms in total. The molecule has 1 aliphatic heterocycles. The fraction of sp³-hybridized carbons (Fsp3) is 0.700. The minimum absolute atomic E-state index is 0.0628. The van der Waals surface area contributed by atoms with Gasteiger partial charge in [0.2, 0.25) is 0 Å². The molecule has 2 atom stereocenters. The van der Waals surface area contributed by atoms with E-state index in [2.05, 4.69) is 17.4 Å². The van der Waals surface area contributed by atoms with Crippen LogP contribution in [-0.2, 0) is 11.3 Å². The summed E-state index contributed by atoms with van der Waals surface area (Å²) in [5.41, 5.74) is 3.92. The Morgan fingerprint density at radius 2 is 2.67 bits per heavy atom. The Bertz CT molecular complexity index is 306. The second-order valence-corrected chi connectivity index (χ2v) is 3.83. The predicted octanol–water partition coefficient (Wildman–Crippen LogP) is 0.586. The van der Waals surface area contributed by atoms with Crippen molar-refractivity contribution in [2.75, 3.05) is 6.61 Å². The zero-order chi connectivity index (χ0) is 10.7. The second-order valence-electron chi connectivity index (χ2n) is 3.83. The highest BCUT2D eigenvalue weighted by Gasteiger charge is 2.27. The summed E-state index contributed by atoms with van der Waals surface area (Å²) in [6.07, 6.45) is 6.24. The molecule has 1 fully saturated rings. The predicted molar refractivity (Wildman–Crippen MR) is 56.9 cm³/mol. The first-order chi connectivity index (χ1) is 7.35. The summed E-state index contributed by atoms with van der Waals surface area (Å²) in [6, 6.07) is 0.0628. The van der Waals surface area contributed by atoms with Crippen LogP contribution in [0.25, 0.3) is 0 Å². The summed E-state index contributed by atoms with van der Waals surface area (Å²) in [4.78, 5) is 0. The molecule has 1 aromatic heterocycles. The molecular weight excluding hydrogens is 192 g/mol. The van der Waals surface area contributed by atoms with E-state index in [1.54, 1.807) is 0 Å². The van der Waals surface area contributed by atoms with Crippen LogP contribution >= 0.6 is 0 Å². The first kappa shape index (κ1) is 10.6. The third kappa shape index (κ3) is 2.19. The second kappa shape index (κ2) is 4.74. The van der Waals surface area contributed by atoms with Crippen LogP contribution in [0.3, 0.4) is 0 Å². The number of hydrazine groups is 1. The van der Waals surface area contributed by atoms with Crippen molar-refractivity contribution >= 4 is 0 Å². The Morgan fingerprint density at radius 1 is 1.80 bits per heavy atom. The fourth-order valence-electron chi connectivity index (χ4n) is 2.00. The maximum absolute atomic E-state index is 5.62. The molecule has 0 aliphatic carbocycles. The highest BCUT2D eigenvalue weighted by atomic mass is 16.5. The molecule has 0 amide bonds. The fourth-order valence-corrected chi connectivity index (χ4v) is 2.00. The first-order valence-electron chi connectivity index (χ1n) is 5.45. The van der Waals surface area contributed by atoms with Gasteiger partial charge in [0.25, 0.3) is 0 Å². The van der Waals surface area contributed by atoms with E-state index in [0.29, 0.717) is 0 Å². The van der Waals surface area contributed by atoms with Gasteiger partial charge in [-0.3, -0.25) is 16.0 Å². The van der Waals surface area contributed by atoms with Crippen LogP contribution in [-0.4, -0.2) is 22.5 Å². The SMILES string of the molecule is CCn1cc(C(NN)C2CCCO2)cn1. The van der Waals surface area contributed by atoms with Gasteiger partial charge < -0.3 is 4.74 Å². The molecular formula is C10H18N4O. The van der Waals surface area contributed by atoms with Gasteiger partial charge in [0, 0.05) is 24.9 Å². The maximum atomic E-state index is 5.62. The summed E-state index contributed by atoms with van der Waals surface area (Å²) in [5.74, 6) is 5.57. The van der Waals surface area contributed by atoms with Crippen LogP contribution in [0.1, 0.15) is 31.4 Å². The van der Waals surface area contributed by atoms with Crippen molar-refractivity contribution < 1.29 is 4.74 Å². The highest BCUT2D eigenvalue weighted by Crippen LogP contribution is 2.25. The van der Waals surface area contributed by atoms with Crippen molar-refractivity contribution in [2.24, 2.45) is 5.84 Å². The maximum Gasteiger partial charge on any atom is 0.0784 e. The van der Waals surface area contributed by atoms with Crippen LogP contribution in [0.5, 0.6) is 0 Å². The molecule has 1 saturated heterocycles. The zero-order valence-electron chi connectivity index (χ0n) is 9.02. The zero-order valence-corrected chi connectivity index (χ0v) is 9.02. The van der Waals surface area contributed by atoms with Crippen molar-refractivity contribution in [3.8, 4) is 0 Å². The smallest absolute Gasteiger partial charge is 0.0784 e. The Balaban J connectivity index is 2.10. The summed E-state index contributed by atoms with van der Waals surface area (Å²) in [5, 5.41) is 4.24. The van der Waals surface area contributed by atoms with Crippen molar-refractivity contribution in [3.05, 3.63) is 18.0 Å². The van der Waals surface area contributed by atoms with E-state index >= 15 is 0 Å². The quantitative estimate of drug-likeness (QED) is 0.564. The monoisotopic (exact) mass is 210 g/mol. The molecule has 1 aliphatic rings. The van der Waals surface area contributed by atoms with Gasteiger partial charge >= 0.3 is 0 Å². The van der Waals surface area contributed by atoms with E-state index in [1.165, 1.54) is 0 Å². The lowest BCUT2D eigenvalue weighted by Crippen LogP contribution is -2.36. The number of aromatic nitrogens is 2. The van der Waals surface area contributed by atoms with Crippen LogP contribution in [0.15, 0.2) is 12.4 Å². The molecule has 2 unspecified atom stereocenters. The summed E-state index contributed by atoms with van der Waals surface area (Å²) >= 11 is 0. The van der Waals surface area contributed by atoms with Gasteiger partial charge in [-0.2, -0.15) is 5.10 Å². The Labute approximate surface area is 89.6 Å². The third-order valence-electron chi connectivity index (χ3n) is 2.85. The number of ether oxygens (including phenoxy) is 1. The standard InChI is InChI=1S/C10H18N4O/c1-2-14-7-8(6-12-14)10(13-11)9-4-3-5-15-9/h6-7,9-10,13H,2-5,11H2,1H3. The van der Waals surface area contributed by atoms with Gasteiger partial charge in [0.1, 0.15) is 0 Å². The summed E-state index contributed by atoms with van der Waals surface area (Å²) < 4.78 is 7.52. The number of nitrogens with two attached hydrogens (primary N) is 1. The number of aryl methyl sites for hydroxylation is 1. The van der Waals surface area contributed by atoms with Gasteiger partial charge in [-0.1, -0.05) is 0 Å². The minimum atomic E-state index is 0.0628. The Hall–Kier alpha value is -0.910. The van der Waals surface area contributed by atoms with Gasteiger partial charge in [-0.05, 0) is 19.8 Å². The summed E-state index contributed by atoms with van der Waals surface area (Å²) in [7, 11) is 0. The highest BCUT2D eigenvalue weighted by molar-refractivity contribution is 5.12. The molecule has 0 bridgehead atoms. The number of nitrogens with one attached hydrogen (secondary N) is 1. The average Bonchev–Trinajstić information content (AvgIpc) is 2.89. The number of hydrogen-bond acceptors (Lipinski definition) is 4. The van der Waals surface area contributed by atoms with Gasteiger partial charge in [-0.25, -0.2) is 0 Å². The lowest BCUT2D eigenvalue weighted by atomic mass is 10.0. The van der Waals surface area contributed by atoms with Crippen molar-refractivity contribution in [2.45, 2.75) is 38.5 Å². The van der Waals surface area contributed by atoms with Crippen molar-refractivity contribution in [1.29, 1.82) is 0 Å². The van der Waals surface area contributed by atoms with E-state index in [9.17, 15) is 0 Å². The molecule has 84 valence electrons. The lowest BCUT2D eigenvalue weighted by molar-refractivity contribution is 0.0783. The Kier molecular flexibility index (Phi) is 3.35. The van der Waals surface area contributed by atoms with E-state index in [-0.39, 0.29) is 12.1 Å². The molecule has 3 N–H and O–H groups in total. The Morgan fingerprint density at radius 3 is 3.20 bits per heavy atom. The molecule has 0 aromatic carbocycles. The average molecular weight is 210 g/mol. The summed E-state index contributed by atoms with van der Waals surface area (Å²) in [6.45, 7) is 3.78. The molecule has 2 rings (SSSR count). The molecule has 0 spiro atoms. The van der Waals surface area contributed by atoms with Gasteiger partial charge in [0.05, 0.1) is 18.3 Å². The first-order valence-corrected chi connectivity index (χ1v) is 5.45. The van der Waals surface area contributed by atoms with Crippen molar-refractivity contribution in [1.82, 2.24) is 15.2 Å². The lowest BCUT2D eigenvalue weighted by Gasteiger charge is -2.20. The van der Waals surface area contributed by atoms with Crippen LogP contribution < -0.4 is 11.3 Å².